The number of benzene rings is 2. The summed E-state index contributed by atoms with van der Waals surface area (Å²) < 4.78 is 6.68. The molecule has 1 amide bonds. The van der Waals surface area contributed by atoms with Crippen molar-refractivity contribution >= 4 is 32.8 Å². The summed E-state index contributed by atoms with van der Waals surface area (Å²) >= 11 is 3.40. The molecule has 1 unspecified atom stereocenters. The molecule has 2 heterocycles. The third-order valence-corrected chi connectivity index (χ3v) is 5.63. The van der Waals surface area contributed by atoms with Crippen molar-refractivity contribution < 1.29 is 14.3 Å². The monoisotopic (exact) mass is 456 g/mol. The first-order valence-corrected chi connectivity index (χ1v) is 10.2. The molecule has 29 heavy (non-hydrogen) atoms. The molecule has 0 aliphatic carbocycles. The Morgan fingerprint density at radius 1 is 1.14 bits per heavy atom. The van der Waals surface area contributed by atoms with Gasteiger partial charge in [-0.25, -0.2) is 0 Å². The smallest absolute Gasteiger partial charge is 0.290 e. The average molecular weight is 457 g/mol. The number of halogens is 1. The normalized spacial score (nSPS) is 16.1. The van der Waals surface area contributed by atoms with Gasteiger partial charge in [0.15, 0.2) is 5.43 Å². The maximum Gasteiger partial charge on any atom is 0.290 e. The van der Waals surface area contributed by atoms with Crippen molar-refractivity contribution in [1.29, 1.82) is 0 Å². The first kappa shape index (κ1) is 19.7. The first-order chi connectivity index (χ1) is 13.9. The second-order valence-corrected chi connectivity index (χ2v) is 8.38. The molecule has 7 heteroatoms. The summed E-state index contributed by atoms with van der Waals surface area (Å²) in [6.45, 7) is 1.31. The maximum atomic E-state index is 13.4. The Morgan fingerprint density at radius 3 is 2.55 bits per heavy atom. The van der Waals surface area contributed by atoms with Gasteiger partial charge >= 0.3 is 0 Å². The Morgan fingerprint density at radius 2 is 1.86 bits per heavy atom. The maximum absolute atomic E-state index is 13.4. The van der Waals surface area contributed by atoms with Crippen molar-refractivity contribution in [3.8, 4) is 5.75 Å². The molecule has 2 aromatic carbocycles. The van der Waals surface area contributed by atoms with Crippen LogP contribution in [0.1, 0.15) is 34.1 Å². The predicted octanol–water partition coefficient (Wildman–Crippen LogP) is 3.76. The Labute approximate surface area is 176 Å². The Kier molecular flexibility index (Phi) is 5.19. The molecule has 0 bridgehead atoms. The number of carbonyl (C=O) groups is 1. The molecule has 0 fully saturated rings. The molecule has 1 aliphatic rings. The second kappa shape index (κ2) is 7.65. The van der Waals surface area contributed by atoms with Crippen LogP contribution in [0.5, 0.6) is 5.75 Å². The zero-order valence-corrected chi connectivity index (χ0v) is 17.8. The molecular formula is C22H21BrN2O4. The predicted molar refractivity (Wildman–Crippen MR) is 114 cm³/mol. The van der Waals surface area contributed by atoms with Crippen LogP contribution in [0.2, 0.25) is 0 Å². The van der Waals surface area contributed by atoms with Gasteiger partial charge in [0.2, 0.25) is 5.76 Å². The highest BCUT2D eigenvalue weighted by Gasteiger charge is 2.42. The molecule has 150 valence electrons. The van der Waals surface area contributed by atoms with Crippen LogP contribution in [0.15, 0.2) is 56.1 Å². The van der Waals surface area contributed by atoms with Gasteiger partial charge in [-0.2, -0.15) is 0 Å². The van der Waals surface area contributed by atoms with E-state index >= 15 is 0 Å². The quantitative estimate of drug-likeness (QED) is 0.632. The average Bonchev–Trinajstić information content (AvgIpc) is 2.95. The summed E-state index contributed by atoms with van der Waals surface area (Å²) in [6, 6.07) is 11.3. The van der Waals surface area contributed by atoms with Crippen LogP contribution >= 0.6 is 15.9 Å². The third kappa shape index (κ3) is 3.56. The molecule has 0 spiro atoms. The van der Waals surface area contributed by atoms with E-state index in [4.69, 9.17) is 4.42 Å². The summed E-state index contributed by atoms with van der Waals surface area (Å²) in [5.74, 6) is -0.0431. The van der Waals surface area contributed by atoms with Crippen molar-refractivity contribution in [2.45, 2.75) is 12.5 Å². The number of nitrogens with zero attached hydrogens (tertiary/aromatic N) is 2. The van der Waals surface area contributed by atoms with E-state index < -0.39 is 6.04 Å². The lowest BCUT2D eigenvalue weighted by molar-refractivity contribution is 0.0722. The first-order valence-electron chi connectivity index (χ1n) is 9.37. The van der Waals surface area contributed by atoms with E-state index in [-0.39, 0.29) is 22.8 Å². The van der Waals surface area contributed by atoms with Gasteiger partial charge in [0.05, 0.1) is 17.0 Å². The number of fused-ring (bicyclic) bond motifs is 2. The lowest BCUT2D eigenvalue weighted by atomic mass is 9.98. The standard InChI is InChI=1S/C22H21BrN2O4/c1-24(2)10-3-11-25-19(13-4-7-15(26)8-5-13)18-20(27)16-12-14(23)6-9-17(16)29-21(18)22(25)28/h4-9,12,19,26H,3,10-11H2,1-2H3. The summed E-state index contributed by atoms with van der Waals surface area (Å²) in [5.41, 5.74) is 1.31. The fraction of sp³-hybridized carbons (Fsp3) is 0.273. The van der Waals surface area contributed by atoms with Gasteiger partial charge in [-0.15, -0.1) is 0 Å². The van der Waals surface area contributed by atoms with Crippen LogP contribution in [0, 0.1) is 0 Å². The van der Waals surface area contributed by atoms with Crippen LogP contribution in [-0.4, -0.2) is 48.0 Å². The number of aromatic hydroxyl groups is 1. The van der Waals surface area contributed by atoms with E-state index in [0.717, 1.165) is 23.0 Å². The van der Waals surface area contributed by atoms with Crippen LogP contribution in [0.25, 0.3) is 11.0 Å². The number of hydrogen-bond acceptors (Lipinski definition) is 5. The van der Waals surface area contributed by atoms with E-state index in [1.807, 2.05) is 14.1 Å². The molecule has 0 saturated carbocycles. The van der Waals surface area contributed by atoms with E-state index in [9.17, 15) is 14.7 Å². The highest BCUT2D eigenvalue weighted by Crippen LogP contribution is 2.38. The topological polar surface area (TPSA) is 74.0 Å². The highest BCUT2D eigenvalue weighted by atomic mass is 79.9. The number of amides is 1. The summed E-state index contributed by atoms with van der Waals surface area (Å²) in [5, 5.41) is 10.1. The largest absolute Gasteiger partial charge is 0.508 e. The molecule has 1 aromatic heterocycles. The molecule has 1 N–H and O–H groups in total. The van der Waals surface area contributed by atoms with Crippen molar-refractivity contribution in [3.63, 3.8) is 0 Å². The minimum atomic E-state index is -0.542. The molecule has 1 aliphatic heterocycles. The van der Waals surface area contributed by atoms with Crippen molar-refractivity contribution in [1.82, 2.24) is 9.80 Å². The van der Waals surface area contributed by atoms with Crippen molar-refractivity contribution in [2.75, 3.05) is 27.2 Å². The number of phenolic OH excluding ortho intramolecular Hbond substituents is 1. The number of hydrogen-bond donors (Lipinski definition) is 1. The highest BCUT2D eigenvalue weighted by molar-refractivity contribution is 9.10. The fourth-order valence-corrected chi connectivity index (χ4v) is 4.14. The van der Waals surface area contributed by atoms with E-state index in [0.29, 0.717) is 23.1 Å². The van der Waals surface area contributed by atoms with Gasteiger partial charge in [-0.1, -0.05) is 28.1 Å². The Bertz CT molecular complexity index is 1140. The minimum Gasteiger partial charge on any atom is -0.508 e. The summed E-state index contributed by atoms with van der Waals surface area (Å²) in [7, 11) is 3.96. The minimum absolute atomic E-state index is 0.104. The molecule has 4 rings (SSSR count). The van der Waals surface area contributed by atoms with E-state index in [1.54, 1.807) is 47.4 Å². The van der Waals surface area contributed by atoms with Crippen LogP contribution in [-0.2, 0) is 0 Å². The third-order valence-electron chi connectivity index (χ3n) is 5.14. The molecule has 6 nitrogen and oxygen atoms in total. The number of phenols is 1. The molecule has 0 saturated heterocycles. The lowest BCUT2D eigenvalue weighted by Crippen LogP contribution is -2.32. The SMILES string of the molecule is CN(C)CCCN1C(=O)c2oc3ccc(Br)cc3c(=O)c2C1c1ccc(O)cc1. The van der Waals surface area contributed by atoms with Gasteiger partial charge in [0.25, 0.3) is 5.91 Å². The molecule has 0 radical (unpaired) electrons. The molecular weight excluding hydrogens is 436 g/mol. The van der Waals surface area contributed by atoms with Crippen LogP contribution in [0.3, 0.4) is 0 Å². The van der Waals surface area contributed by atoms with Gasteiger partial charge in [-0.3, -0.25) is 9.59 Å². The Balaban J connectivity index is 1.88. The van der Waals surface area contributed by atoms with Gasteiger partial charge in [0, 0.05) is 11.0 Å². The molecule has 3 aromatic rings. The lowest BCUT2D eigenvalue weighted by Gasteiger charge is -2.25. The zero-order valence-electron chi connectivity index (χ0n) is 16.2. The van der Waals surface area contributed by atoms with Gasteiger partial charge in [0.1, 0.15) is 11.3 Å². The van der Waals surface area contributed by atoms with E-state index in [2.05, 4.69) is 20.8 Å². The zero-order chi connectivity index (χ0) is 20.7. The number of rotatable bonds is 5. The van der Waals surface area contributed by atoms with Gasteiger partial charge in [-0.05, 0) is 63.0 Å². The van der Waals surface area contributed by atoms with Crippen LogP contribution < -0.4 is 5.43 Å². The summed E-state index contributed by atoms with van der Waals surface area (Å²) in [6.07, 6.45) is 0.764. The Hall–Kier alpha value is -2.64. The van der Waals surface area contributed by atoms with E-state index in [1.165, 1.54) is 0 Å². The summed E-state index contributed by atoms with van der Waals surface area (Å²) in [4.78, 5) is 30.3. The second-order valence-electron chi connectivity index (χ2n) is 7.46. The van der Waals surface area contributed by atoms with Crippen molar-refractivity contribution in [3.05, 3.63) is 74.0 Å². The molecule has 1 atom stereocenters. The number of carbonyl (C=O) groups excluding carboxylic acids is 1. The van der Waals surface area contributed by atoms with Gasteiger partial charge < -0.3 is 19.3 Å². The fourth-order valence-electron chi connectivity index (χ4n) is 3.78. The van der Waals surface area contributed by atoms with Crippen molar-refractivity contribution in [2.24, 2.45) is 0 Å². The van der Waals surface area contributed by atoms with Crippen LogP contribution in [0.4, 0.5) is 0 Å².